The minimum absolute atomic E-state index is 0.0544. The second kappa shape index (κ2) is 6.68. The van der Waals surface area contributed by atoms with Crippen LogP contribution < -0.4 is 5.32 Å². The van der Waals surface area contributed by atoms with Crippen molar-refractivity contribution in [2.45, 2.75) is 20.0 Å². The van der Waals surface area contributed by atoms with Gasteiger partial charge in [0.1, 0.15) is 18.1 Å². The lowest BCUT2D eigenvalue weighted by molar-refractivity contribution is -0.112. The summed E-state index contributed by atoms with van der Waals surface area (Å²) in [6.45, 7) is 7.95. The van der Waals surface area contributed by atoms with Crippen molar-refractivity contribution in [2.75, 3.05) is 11.9 Å². The van der Waals surface area contributed by atoms with Crippen LogP contribution in [0.2, 0.25) is 0 Å². The number of carbonyl (C=O) groups is 1. The number of nitrogens with zero attached hydrogens (tertiary/aromatic N) is 3. The van der Waals surface area contributed by atoms with Crippen LogP contribution in [0.1, 0.15) is 19.4 Å². The molecule has 1 amide bonds. The number of aliphatic imine (C=N–C) groups is 1. The smallest absolute Gasteiger partial charge is 0.250 e. The van der Waals surface area contributed by atoms with Crippen LogP contribution in [-0.4, -0.2) is 39.4 Å². The first-order valence-corrected chi connectivity index (χ1v) is 8.64. The number of rotatable bonds is 4. The molecule has 0 fully saturated rings. The van der Waals surface area contributed by atoms with Crippen LogP contribution in [0.4, 0.5) is 5.69 Å². The molecule has 0 radical (unpaired) electrons. The molecule has 0 aliphatic carbocycles. The molecular formula is C20H19N5O2. The normalized spacial score (nSPS) is 16.1. The fourth-order valence-electron chi connectivity index (χ4n) is 2.96. The summed E-state index contributed by atoms with van der Waals surface area (Å²) in [5, 5.41) is 3.67. The zero-order chi connectivity index (χ0) is 19.0. The maximum Gasteiger partial charge on any atom is 0.250 e. The standard InChI is InChI=1S/C20H19N5O2/c1-11(2)19(26)25-14-6-4-5-13(7-14)17-16-15(20-22-8-12(3)27-20)9-21-18(16)24-10-23-17/h4-7,9-10,12H,1,8H2,2-3H3,(H,25,26)(H,21,23,24). The quantitative estimate of drug-likeness (QED) is 0.697. The van der Waals surface area contributed by atoms with Gasteiger partial charge in [-0.2, -0.15) is 0 Å². The number of carbonyl (C=O) groups excluding carboxylic acids is 1. The van der Waals surface area contributed by atoms with Crippen LogP contribution in [0.15, 0.2) is 53.9 Å². The third-order valence-electron chi connectivity index (χ3n) is 4.29. The van der Waals surface area contributed by atoms with Gasteiger partial charge in [-0.05, 0) is 26.0 Å². The van der Waals surface area contributed by atoms with Crippen LogP contribution in [0.5, 0.6) is 0 Å². The highest BCUT2D eigenvalue weighted by atomic mass is 16.5. The van der Waals surface area contributed by atoms with Crippen LogP contribution in [0.3, 0.4) is 0 Å². The van der Waals surface area contributed by atoms with Crippen molar-refractivity contribution in [3.8, 4) is 11.3 Å². The molecule has 1 aliphatic rings. The van der Waals surface area contributed by atoms with Gasteiger partial charge < -0.3 is 15.0 Å². The molecule has 4 rings (SSSR count). The van der Waals surface area contributed by atoms with Crippen molar-refractivity contribution in [3.05, 3.63) is 54.5 Å². The molecule has 3 aromatic rings. The molecule has 2 aromatic heterocycles. The number of H-pyrrole nitrogens is 1. The largest absolute Gasteiger partial charge is 0.472 e. The van der Waals surface area contributed by atoms with E-state index in [1.807, 2.05) is 37.4 Å². The number of nitrogens with one attached hydrogen (secondary N) is 2. The summed E-state index contributed by atoms with van der Waals surface area (Å²) in [7, 11) is 0. The number of aromatic amines is 1. The number of benzene rings is 1. The molecule has 7 heteroatoms. The molecule has 3 heterocycles. The lowest BCUT2D eigenvalue weighted by Gasteiger charge is -2.09. The average Bonchev–Trinajstić information content (AvgIpc) is 3.27. The Hall–Kier alpha value is -3.48. The van der Waals surface area contributed by atoms with Crippen molar-refractivity contribution >= 4 is 28.5 Å². The average molecular weight is 361 g/mol. The van der Waals surface area contributed by atoms with Crippen molar-refractivity contribution in [2.24, 2.45) is 4.99 Å². The van der Waals surface area contributed by atoms with Crippen molar-refractivity contribution in [1.29, 1.82) is 0 Å². The number of ether oxygens (including phenoxy) is 1. The Labute approximate surface area is 156 Å². The van der Waals surface area contributed by atoms with Gasteiger partial charge in [0.15, 0.2) is 0 Å². The Morgan fingerprint density at radius 3 is 2.96 bits per heavy atom. The van der Waals surface area contributed by atoms with E-state index in [4.69, 9.17) is 4.74 Å². The number of anilines is 1. The predicted molar refractivity (Wildman–Crippen MR) is 105 cm³/mol. The fraction of sp³-hybridized carbons (Fsp3) is 0.200. The second-order valence-corrected chi connectivity index (χ2v) is 6.54. The summed E-state index contributed by atoms with van der Waals surface area (Å²) in [4.78, 5) is 28.3. The van der Waals surface area contributed by atoms with E-state index < -0.39 is 0 Å². The van der Waals surface area contributed by atoms with Crippen molar-refractivity contribution in [3.63, 3.8) is 0 Å². The maximum atomic E-state index is 11.9. The topological polar surface area (TPSA) is 92.3 Å². The van der Waals surface area contributed by atoms with E-state index in [1.54, 1.807) is 6.92 Å². The van der Waals surface area contributed by atoms with E-state index in [0.29, 0.717) is 29.4 Å². The van der Waals surface area contributed by atoms with Gasteiger partial charge in [-0.1, -0.05) is 18.7 Å². The van der Waals surface area contributed by atoms with Gasteiger partial charge in [0.2, 0.25) is 5.90 Å². The van der Waals surface area contributed by atoms with Crippen LogP contribution in [0, 0.1) is 0 Å². The fourth-order valence-corrected chi connectivity index (χ4v) is 2.96. The Morgan fingerprint density at radius 1 is 1.37 bits per heavy atom. The minimum Gasteiger partial charge on any atom is -0.472 e. The van der Waals surface area contributed by atoms with Crippen LogP contribution in [-0.2, 0) is 9.53 Å². The van der Waals surface area contributed by atoms with Gasteiger partial charge in [0, 0.05) is 23.0 Å². The molecular weight excluding hydrogens is 342 g/mol. The van der Waals surface area contributed by atoms with Gasteiger partial charge in [0.25, 0.3) is 5.91 Å². The lowest BCUT2D eigenvalue weighted by Crippen LogP contribution is -2.11. The summed E-state index contributed by atoms with van der Waals surface area (Å²) in [6, 6.07) is 7.51. The van der Waals surface area contributed by atoms with E-state index in [9.17, 15) is 4.79 Å². The third kappa shape index (κ3) is 3.19. The van der Waals surface area contributed by atoms with E-state index in [1.165, 1.54) is 6.33 Å². The van der Waals surface area contributed by atoms with Gasteiger partial charge in [-0.25, -0.2) is 15.0 Å². The summed E-state index contributed by atoms with van der Waals surface area (Å²) in [6.07, 6.45) is 3.41. The first-order chi connectivity index (χ1) is 13.0. The summed E-state index contributed by atoms with van der Waals surface area (Å²) in [5.41, 5.74) is 4.26. The number of aromatic nitrogens is 3. The molecule has 0 bridgehead atoms. The SMILES string of the molecule is C=C(C)C(=O)Nc1cccc(-c2ncnc3[nH]cc(C4=NCC(C)O4)c23)c1. The lowest BCUT2D eigenvalue weighted by atomic mass is 10.1. The molecule has 27 heavy (non-hydrogen) atoms. The predicted octanol–water partition coefficient (Wildman–Crippen LogP) is 3.30. The molecule has 1 aliphatic heterocycles. The Balaban J connectivity index is 1.79. The van der Waals surface area contributed by atoms with Crippen LogP contribution in [0.25, 0.3) is 22.3 Å². The summed E-state index contributed by atoms with van der Waals surface area (Å²) in [5.74, 6) is 0.376. The minimum atomic E-state index is -0.218. The Kier molecular flexibility index (Phi) is 4.19. The number of fused-ring (bicyclic) bond motifs is 1. The van der Waals surface area contributed by atoms with Crippen molar-refractivity contribution < 1.29 is 9.53 Å². The van der Waals surface area contributed by atoms with Gasteiger partial charge >= 0.3 is 0 Å². The third-order valence-corrected chi connectivity index (χ3v) is 4.29. The van der Waals surface area contributed by atoms with Gasteiger partial charge in [-0.15, -0.1) is 0 Å². The zero-order valence-corrected chi connectivity index (χ0v) is 15.1. The van der Waals surface area contributed by atoms with Crippen molar-refractivity contribution in [1.82, 2.24) is 15.0 Å². The number of hydrogen-bond acceptors (Lipinski definition) is 5. The highest BCUT2D eigenvalue weighted by Gasteiger charge is 2.22. The second-order valence-electron chi connectivity index (χ2n) is 6.54. The molecule has 0 saturated heterocycles. The molecule has 2 N–H and O–H groups in total. The van der Waals surface area contributed by atoms with Gasteiger partial charge in [0.05, 0.1) is 23.2 Å². The molecule has 0 saturated carbocycles. The Morgan fingerprint density at radius 2 is 2.22 bits per heavy atom. The molecule has 1 atom stereocenters. The highest BCUT2D eigenvalue weighted by Crippen LogP contribution is 2.31. The van der Waals surface area contributed by atoms with Gasteiger partial charge in [-0.3, -0.25) is 4.79 Å². The summed E-state index contributed by atoms with van der Waals surface area (Å²) >= 11 is 0. The zero-order valence-electron chi connectivity index (χ0n) is 15.1. The first kappa shape index (κ1) is 17.0. The van der Waals surface area contributed by atoms with E-state index >= 15 is 0 Å². The first-order valence-electron chi connectivity index (χ1n) is 8.64. The van der Waals surface area contributed by atoms with E-state index in [2.05, 4.69) is 31.8 Å². The van der Waals surface area contributed by atoms with E-state index in [0.717, 1.165) is 22.2 Å². The molecule has 1 aromatic carbocycles. The maximum absolute atomic E-state index is 11.9. The number of amides is 1. The monoisotopic (exact) mass is 361 g/mol. The molecule has 7 nitrogen and oxygen atoms in total. The molecule has 0 spiro atoms. The van der Waals surface area contributed by atoms with Crippen LogP contribution >= 0.6 is 0 Å². The number of hydrogen-bond donors (Lipinski definition) is 2. The molecule has 1 unspecified atom stereocenters. The Bertz CT molecular complexity index is 1080. The summed E-state index contributed by atoms with van der Waals surface area (Å²) < 4.78 is 5.82. The highest BCUT2D eigenvalue weighted by molar-refractivity contribution is 6.11. The molecule has 136 valence electrons. The van der Waals surface area contributed by atoms with E-state index in [-0.39, 0.29) is 12.0 Å².